The number of benzene rings is 1. The molecule has 0 saturated heterocycles. The highest BCUT2D eigenvalue weighted by Gasteiger charge is 2.25. The number of anilines is 1. The molecule has 0 saturated carbocycles. The molecule has 0 amide bonds. The number of fused-ring (bicyclic) bond motifs is 1. The summed E-state index contributed by atoms with van der Waals surface area (Å²) in [4.78, 5) is 1.14. The molecule has 0 unspecified atom stereocenters. The third-order valence-corrected chi connectivity index (χ3v) is 5.78. The Balaban J connectivity index is 1.93. The Labute approximate surface area is 150 Å². The van der Waals surface area contributed by atoms with Gasteiger partial charge in [0, 0.05) is 17.1 Å². The Morgan fingerprint density at radius 1 is 1.23 bits per heavy atom. The lowest BCUT2D eigenvalue weighted by molar-refractivity contribution is 0.884. The molecule has 1 aliphatic heterocycles. The highest BCUT2D eigenvalue weighted by Crippen LogP contribution is 2.39. The highest BCUT2D eigenvalue weighted by atomic mass is 79.9. The van der Waals surface area contributed by atoms with Crippen molar-refractivity contribution in [1.29, 1.82) is 0 Å². The summed E-state index contributed by atoms with van der Waals surface area (Å²) in [6.45, 7) is 0.908. The average molecular weight is 415 g/mol. The van der Waals surface area contributed by atoms with E-state index in [0.29, 0.717) is 10.0 Å². The molecule has 0 radical (unpaired) electrons. The van der Waals surface area contributed by atoms with Crippen LogP contribution in [0, 0.1) is 0 Å². The number of nitrogens with zero attached hydrogens (tertiary/aromatic N) is 2. The van der Waals surface area contributed by atoms with Gasteiger partial charge in [-0.1, -0.05) is 23.2 Å². The van der Waals surface area contributed by atoms with E-state index in [-0.39, 0.29) is 0 Å². The standard InChI is InChI=1S/C15H10BrCl2N3S/c16-13-4-3-12(22-13)14-9-5-6-19-15(9)21(20-14)11-7-8(17)1-2-10(11)18/h1-4,7,19H,5-6H2. The highest BCUT2D eigenvalue weighted by molar-refractivity contribution is 9.11. The molecular weight excluding hydrogens is 405 g/mol. The van der Waals surface area contributed by atoms with Gasteiger partial charge >= 0.3 is 0 Å². The third kappa shape index (κ3) is 2.36. The Morgan fingerprint density at radius 3 is 2.86 bits per heavy atom. The van der Waals surface area contributed by atoms with E-state index in [1.54, 1.807) is 23.5 Å². The molecule has 4 rings (SSSR count). The first-order valence-electron chi connectivity index (χ1n) is 6.70. The number of rotatable bonds is 2. The molecule has 0 spiro atoms. The van der Waals surface area contributed by atoms with Crippen LogP contribution in [0.5, 0.6) is 0 Å². The van der Waals surface area contributed by atoms with Crippen molar-refractivity contribution >= 4 is 56.3 Å². The maximum Gasteiger partial charge on any atom is 0.133 e. The molecule has 1 aliphatic rings. The second-order valence-corrected chi connectivity index (χ2v) is 8.27. The largest absolute Gasteiger partial charge is 0.369 e. The van der Waals surface area contributed by atoms with Gasteiger partial charge in [-0.3, -0.25) is 0 Å². The molecular formula is C15H10BrCl2N3S. The van der Waals surface area contributed by atoms with Crippen LogP contribution < -0.4 is 5.32 Å². The SMILES string of the molecule is Clc1ccc(Cl)c(-n2nc(-c3ccc(Br)s3)c3c2NCC3)c1. The van der Waals surface area contributed by atoms with Crippen molar-refractivity contribution in [3.05, 3.63) is 49.7 Å². The van der Waals surface area contributed by atoms with Gasteiger partial charge in [0.25, 0.3) is 0 Å². The third-order valence-electron chi connectivity index (χ3n) is 3.59. The summed E-state index contributed by atoms with van der Waals surface area (Å²) in [6, 6.07) is 9.54. The summed E-state index contributed by atoms with van der Waals surface area (Å²) < 4.78 is 2.96. The van der Waals surface area contributed by atoms with Gasteiger partial charge in [0.1, 0.15) is 11.5 Å². The summed E-state index contributed by atoms with van der Waals surface area (Å²) in [5.41, 5.74) is 3.03. The molecule has 0 aliphatic carbocycles. The topological polar surface area (TPSA) is 29.9 Å². The first-order valence-corrected chi connectivity index (χ1v) is 9.07. The Kier molecular flexibility index (Phi) is 3.69. The van der Waals surface area contributed by atoms with E-state index in [2.05, 4.69) is 27.3 Å². The Hall–Kier alpha value is -1.01. The Bertz CT molecular complexity index is 872. The molecule has 2 aromatic heterocycles. The van der Waals surface area contributed by atoms with Crippen molar-refractivity contribution < 1.29 is 0 Å². The summed E-state index contributed by atoms with van der Waals surface area (Å²) in [7, 11) is 0. The number of thiophene rings is 1. The Morgan fingerprint density at radius 2 is 2.09 bits per heavy atom. The van der Waals surface area contributed by atoms with Crippen molar-refractivity contribution in [2.24, 2.45) is 0 Å². The van der Waals surface area contributed by atoms with Gasteiger partial charge in [-0.25, -0.2) is 4.68 Å². The molecule has 22 heavy (non-hydrogen) atoms. The fraction of sp³-hybridized carbons (Fsp3) is 0.133. The van der Waals surface area contributed by atoms with Gasteiger partial charge in [-0.05, 0) is 52.7 Å². The fourth-order valence-electron chi connectivity index (χ4n) is 2.64. The van der Waals surface area contributed by atoms with Crippen molar-refractivity contribution in [3.63, 3.8) is 0 Å². The van der Waals surface area contributed by atoms with E-state index in [1.807, 2.05) is 16.8 Å². The van der Waals surface area contributed by atoms with Crippen molar-refractivity contribution in [3.8, 4) is 16.3 Å². The molecule has 0 atom stereocenters. The van der Waals surface area contributed by atoms with Gasteiger partial charge in [0.2, 0.25) is 0 Å². The minimum absolute atomic E-state index is 0.627. The molecule has 112 valence electrons. The monoisotopic (exact) mass is 413 g/mol. The van der Waals surface area contributed by atoms with Crippen LogP contribution in [0.2, 0.25) is 10.0 Å². The number of hydrogen-bond acceptors (Lipinski definition) is 3. The van der Waals surface area contributed by atoms with Crippen LogP contribution in [0.25, 0.3) is 16.3 Å². The van der Waals surface area contributed by atoms with Crippen LogP contribution in [0.3, 0.4) is 0 Å². The fourth-order valence-corrected chi connectivity index (χ4v) is 4.40. The quantitative estimate of drug-likeness (QED) is 0.588. The van der Waals surface area contributed by atoms with E-state index in [0.717, 1.165) is 38.8 Å². The summed E-state index contributed by atoms with van der Waals surface area (Å²) in [6.07, 6.45) is 0.957. The maximum absolute atomic E-state index is 6.34. The number of halogens is 3. The van der Waals surface area contributed by atoms with Gasteiger partial charge < -0.3 is 5.32 Å². The van der Waals surface area contributed by atoms with Gasteiger partial charge in [0.05, 0.1) is 19.4 Å². The lowest BCUT2D eigenvalue weighted by atomic mass is 10.2. The minimum Gasteiger partial charge on any atom is -0.369 e. The normalized spacial score (nSPS) is 13.2. The lowest BCUT2D eigenvalue weighted by Gasteiger charge is -2.08. The molecule has 3 heterocycles. The molecule has 0 fully saturated rings. The van der Waals surface area contributed by atoms with E-state index in [4.69, 9.17) is 28.3 Å². The smallest absolute Gasteiger partial charge is 0.133 e. The van der Waals surface area contributed by atoms with E-state index >= 15 is 0 Å². The van der Waals surface area contributed by atoms with E-state index in [1.165, 1.54) is 5.56 Å². The summed E-state index contributed by atoms with van der Waals surface area (Å²) >= 11 is 17.6. The zero-order chi connectivity index (χ0) is 15.3. The predicted octanol–water partition coefficient (Wildman–Crippen LogP) is 5.64. The molecule has 0 bridgehead atoms. The van der Waals surface area contributed by atoms with Gasteiger partial charge in [-0.15, -0.1) is 11.3 Å². The predicted molar refractivity (Wildman–Crippen MR) is 96.8 cm³/mol. The average Bonchev–Trinajstić information content (AvgIpc) is 3.17. The van der Waals surface area contributed by atoms with Crippen LogP contribution in [0.4, 0.5) is 5.82 Å². The maximum atomic E-state index is 6.34. The molecule has 1 N–H and O–H groups in total. The van der Waals surface area contributed by atoms with Crippen LogP contribution in [-0.4, -0.2) is 16.3 Å². The van der Waals surface area contributed by atoms with Crippen molar-refractivity contribution in [1.82, 2.24) is 9.78 Å². The van der Waals surface area contributed by atoms with Crippen molar-refractivity contribution in [2.75, 3.05) is 11.9 Å². The second kappa shape index (κ2) is 5.57. The minimum atomic E-state index is 0.627. The molecule has 3 aromatic rings. The zero-order valence-corrected chi connectivity index (χ0v) is 15.2. The lowest BCUT2D eigenvalue weighted by Crippen LogP contribution is -2.04. The van der Waals surface area contributed by atoms with Crippen LogP contribution in [0.15, 0.2) is 34.1 Å². The first kappa shape index (κ1) is 14.6. The number of nitrogens with one attached hydrogen (secondary N) is 1. The first-order chi connectivity index (χ1) is 10.6. The van der Waals surface area contributed by atoms with Crippen molar-refractivity contribution in [2.45, 2.75) is 6.42 Å². The zero-order valence-electron chi connectivity index (χ0n) is 11.2. The van der Waals surface area contributed by atoms with E-state index < -0.39 is 0 Å². The van der Waals surface area contributed by atoms with E-state index in [9.17, 15) is 0 Å². The van der Waals surface area contributed by atoms with Crippen LogP contribution in [-0.2, 0) is 6.42 Å². The molecule has 7 heteroatoms. The number of hydrogen-bond donors (Lipinski definition) is 1. The summed E-state index contributed by atoms with van der Waals surface area (Å²) in [5, 5.41) is 9.46. The van der Waals surface area contributed by atoms with Crippen LogP contribution >= 0.6 is 50.5 Å². The van der Waals surface area contributed by atoms with Gasteiger partial charge in [0.15, 0.2) is 0 Å². The second-order valence-electron chi connectivity index (χ2n) is 4.96. The molecule has 1 aromatic carbocycles. The number of aromatic nitrogens is 2. The van der Waals surface area contributed by atoms with Gasteiger partial charge in [-0.2, -0.15) is 5.10 Å². The summed E-state index contributed by atoms with van der Waals surface area (Å²) in [5.74, 6) is 1.00. The van der Waals surface area contributed by atoms with Crippen LogP contribution in [0.1, 0.15) is 5.56 Å². The molecule has 3 nitrogen and oxygen atoms in total.